The molecule has 8 nitrogen and oxygen atoms in total. The first kappa shape index (κ1) is 19.5. The molecule has 0 fully saturated rings. The van der Waals surface area contributed by atoms with E-state index in [0.29, 0.717) is 35.6 Å². The molecule has 2 aromatic rings. The highest BCUT2D eigenvalue weighted by Gasteiger charge is 2.45. The number of nitriles is 1. The van der Waals surface area contributed by atoms with E-state index in [2.05, 4.69) is 6.07 Å². The Morgan fingerprint density at radius 1 is 1.30 bits per heavy atom. The van der Waals surface area contributed by atoms with E-state index >= 15 is 0 Å². The van der Waals surface area contributed by atoms with Gasteiger partial charge in [0.1, 0.15) is 11.6 Å². The van der Waals surface area contributed by atoms with Crippen LogP contribution in [0.25, 0.3) is 0 Å². The summed E-state index contributed by atoms with van der Waals surface area (Å²) >= 11 is 0. The van der Waals surface area contributed by atoms with Crippen LogP contribution in [0, 0.1) is 26.9 Å². The molecule has 1 aromatic heterocycles. The summed E-state index contributed by atoms with van der Waals surface area (Å²) in [5, 5.41) is 21.2. The lowest BCUT2D eigenvalue weighted by Crippen LogP contribution is -2.42. The number of furan rings is 1. The second-order valence-electron chi connectivity index (χ2n) is 8.27. The summed E-state index contributed by atoms with van der Waals surface area (Å²) in [4.78, 5) is 25.7. The summed E-state index contributed by atoms with van der Waals surface area (Å²) in [5.74, 6) is -0.172. The van der Waals surface area contributed by atoms with Crippen LogP contribution in [0.15, 0.2) is 69.7 Å². The van der Waals surface area contributed by atoms with Gasteiger partial charge in [-0.3, -0.25) is 19.8 Å². The van der Waals surface area contributed by atoms with Crippen LogP contribution < -0.4 is 10.6 Å². The van der Waals surface area contributed by atoms with E-state index in [1.54, 1.807) is 29.2 Å². The van der Waals surface area contributed by atoms with Crippen molar-refractivity contribution in [3.63, 3.8) is 0 Å². The lowest BCUT2D eigenvalue weighted by molar-refractivity contribution is -0.384. The van der Waals surface area contributed by atoms with Crippen molar-refractivity contribution in [1.82, 2.24) is 0 Å². The Kier molecular flexibility index (Phi) is 4.46. The summed E-state index contributed by atoms with van der Waals surface area (Å²) < 4.78 is 5.56. The molecule has 0 radical (unpaired) electrons. The Labute approximate surface area is 173 Å². The van der Waals surface area contributed by atoms with E-state index in [9.17, 15) is 20.2 Å². The Hall–Kier alpha value is -3.86. The quantitative estimate of drug-likeness (QED) is 0.602. The molecule has 1 aliphatic carbocycles. The third-order valence-electron chi connectivity index (χ3n) is 5.51. The zero-order valence-electron chi connectivity index (χ0n) is 16.6. The van der Waals surface area contributed by atoms with Crippen LogP contribution in [-0.4, -0.2) is 10.7 Å². The summed E-state index contributed by atoms with van der Waals surface area (Å²) in [7, 11) is 0. The van der Waals surface area contributed by atoms with Gasteiger partial charge in [-0.05, 0) is 30.0 Å². The van der Waals surface area contributed by atoms with E-state index in [0.717, 1.165) is 0 Å². The number of rotatable bonds is 3. The number of nitrogens with two attached hydrogens (primary N) is 1. The number of benzene rings is 1. The second-order valence-corrected chi connectivity index (χ2v) is 8.27. The smallest absolute Gasteiger partial charge is 0.271 e. The van der Waals surface area contributed by atoms with Gasteiger partial charge in [0.15, 0.2) is 5.78 Å². The van der Waals surface area contributed by atoms with Gasteiger partial charge in [-0.25, -0.2) is 0 Å². The third-order valence-corrected chi connectivity index (χ3v) is 5.51. The first-order chi connectivity index (χ1) is 14.2. The lowest BCUT2D eigenvalue weighted by atomic mass is 9.69. The normalized spacial score (nSPS) is 20.8. The Balaban J connectivity index is 1.99. The highest BCUT2D eigenvalue weighted by molar-refractivity contribution is 6.01. The highest BCUT2D eigenvalue weighted by Crippen LogP contribution is 2.50. The predicted molar refractivity (Wildman–Crippen MR) is 109 cm³/mol. The second kappa shape index (κ2) is 6.88. The molecule has 4 rings (SSSR count). The molecule has 1 aromatic carbocycles. The fourth-order valence-electron chi connectivity index (χ4n) is 4.29. The Morgan fingerprint density at radius 3 is 2.70 bits per heavy atom. The molecule has 30 heavy (non-hydrogen) atoms. The number of nitrogens with zero attached hydrogens (tertiary/aromatic N) is 3. The van der Waals surface area contributed by atoms with Crippen molar-refractivity contribution in [3.8, 4) is 6.07 Å². The maximum Gasteiger partial charge on any atom is 0.271 e. The topological polar surface area (TPSA) is 126 Å². The van der Waals surface area contributed by atoms with Gasteiger partial charge >= 0.3 is 0 Å². The number of nitro benzene ring substituents is 1. The average molecular weight is 404 g/mol. The molecule has 0 saturated heterocycles. The molecular formula is C22H20N4O4. The van der Waals surface area contributed by atoms with E-state index in [-0.39, 0.29) is 28.3 Å². The van der Waals surface area contributed by atoms with Gasteiger partial charge in [0.05, 0.1) is 34.4 Å². The number of nitro groups is 1. The van der Waals surface area contributed by atoms with Crippen LogP contribution in [-0.2, 0) is 4.79 Å². The molecule has 2 heterocycles. The van der Waals surface area contributed by atoms with Crippen molar-refractivity contribution in [3.05, 3.63) is 81.2 Å². The summed E-state index contributed by atoms with van der Waals surface area (Å²) in [6.07, 6.45) is 2.34. The molecule has 1 aliphatic heterocycles. The molecule has 0 amide bonds. The molecule has 0 spiro atoms. The first-order valence-corrected chi connectivity index (χ1v) is 9.47. The van der Waals surface area contributed by atoms with Crippen molar-refractivity contribution in [2.75, 3.05) is 4.90 Å². The van der Waals surface area contributed by atoms with Crippen molar-refractivity contribution >= 4 is 17.2 Å². The minimum atomic E-state index is -0.696. The zero-order valence-corrected chi connectivity index (χ0v) is 16.6. The number of carbonyl (C=O) groups is 1. The van der Waals surface area contributed by atoms with Gasteiger partial charge in [-0.2, -0.15) is 5.26 Å². The van der Waals surface area contributed by atoms with Crippen molar-refractivity contribution in [2.24, 2.45) is 11.1 Å². The van der Waals surface area contributed by atoms with E-state index in [1.165, 1.54) is 18.4 Å². The van der Waals surface area contributed by atoms with E-state index in [4.69, 9.17) is 10.2 Å². The molecule has 1 atom stereocenters. The molecule has 0 saturated carbocycles. The average Bonchev–Trinajstić information content (AvgIpc) is 3.20. The van der Waals surface area contributed by atoms with Gasteiger partial charge < -0.3 is 10.2 Å². The number of non-ortho nitro benzene ring substituents is 1. The fraction of sp³-hybridized carbons (Fsp3) is 0.273. The third kappa shape index (κ3) is 3.05. The van der Waals surface area contributed by atoms with Gasteiger partial charge in [0.2, 0.25) is 0 Å². The molecular weight excluding hydrogens is 384 g/mol. The van der Waals surface area contributed by atoms with Crippen LogP contribution in [0.1, 0.15) is 38.4 Å². The number of Topliss-reactive ketones (excluding diaryl/α,β-unsaturated/α-hetero) is 1. The molecule has 2 N–H and O–H groups in total. The minimum Gasteiger partial charge on any atom is -0.468 e. The van der Waals surface area contributed by atoms with Gasteiger partial charge in [0, 0.05) is 29.8 Å². The molecule has 0 bridgehead atoms. The Bertz CT molecular complexity index is 1150. The molecule has 2 aliphatic rings. The van der Waals surface area contributed by atoms with E-state index < -0.39 is 10.8 Å². The van der Waals surface area contributed by atoms with Gasteiger partial charge in [0.25, 0.3) is 5.69 Å². The SMILES string of the molecule is CC1(C)CC(=O)C2=C(C1)N(c1cccc([N+](=O)[O-])c1)C(N)=C(C#N)[C@@H]2c1ccco1. The summed E-state index contributed by atoms with van der Waals surface area (Å²) in [6, 6.07) is 11.6. The Morgan fingerprint density at radius 2 is 2.07 bits per heavy atom. The summed E-state index contributed by atoms with van der Waals surface area (Å²) in [6.45, 7) is 3.98. The van der Waals surface area contributed by atoms with Crippen LogP contribution in [0.5, 0.6) is 0 Å². The number of hydrogen-bond donors (Lipinski definition) is 1. The molecule has 0 unspecified atom stereocenters. The number of ketones is 1. The largest absolute Gasteiger partial charge is 0.468 e. The fourth-order valence-corrected chi connectivity index (χ4v) is 4.29. The summed E-state index contributed by atoms with van der Waals surface area (Å²) in [5.41, 5.74) is 7.75. The number of carbonyl (C=O) groups excluding carboxylic acids is 1. The van der Waals surface area contributed by atoms with Crippen LogP contribution in [0.2, 0.25) is 0 Å². The van der Waals surface area contributed by atoms with Crippen molar-refractivity contribution < 1.29 is 14.1 Å². The van der Waals surface area contributed by atoms with Crippen LogP contribution in [0.3, 0.4) is 0 Å². The monoisotopic (exact) mass is 404 g/mol. The number of anilines is 1. The van der Waals surface area contributed by atoms with Gasteiger partial charge in [-0.15, -0.1) is 0 Å². The molecule has 8 heteroatoms. The van der Waals surface area contributed by atoms with Crippen LogP contribution in [0.4, 0.5) is 11.4 Å². The van der Waals surface area contributed by atoms with Crippen LogP contribution >= 0.6 is 0 Å². The van der Waals surface area contributed by atoms with Crippen molar-refractivity contribution in [2.45, 2.75) is 32.6 Å². The maximum atomic E-state index is 13.3. The zero-order chi connectivity index (χ0) is 21.6. The van der Waals surface area contributed by atoms with Gasteiger partial charge in [-0.1, -0.05) is 19.9 Å². The van der Waals surface area contributed by atoms with E-state index in [1.807, 2.05) is 13.8 Å². The first-order valence-electron chi connectivity index (χ1n) is 9.47. The lowest BCUT2D eigenvalue weighted by Gasteiger charge is -2.43. The molecule has 152 valence electrons. The number of allylic oxidation sites excluding steroid dienone is 3. The maximum absolute atomic E-state index is 13.3. The van der Waals surface area contributed by atoms with Crippen molar-refractivity contribution in [1.29, 1.82) is 5.26 Å². The predicted octanol–water partition coefficient (Wildman–Crippen LogP) is 4.13. The number of hydrogen-bond acceptors (Lipinski definition) is 7. The minimum absolute atomic E-state index is 0.0849. The highest BCUT2D eigenvalue weighted by atomic mass is 16.6. The standard InChI is InChI=1S/C22H20N4O4/c1-22(2)10-16-20(17(27)11-22)19(18-7-4-8-30-18)15(12-23)21(24)25(16)13-5-3-6-14(9-13)26(28)29/h3-9,19H,10-11,24H2,1-2H3/t19-/m1/s1.